The highest BCUT2D eigenvalue weighted by Crippen LogP contribution is 2.40. The Bertz CT molecular complexity index is 1710. The SMILES string of the molecule is CC1(C)c2ccccc2B2c3ccc(-n4c5c(c6ccccc64)CCCC5)cc3Oc3cccc1c32. The molecule has 0 saturated carbocycles. The minimum atomic E-state index is -0.0532. The summed E-state index contributed by atoms with van der Waals surface area (Å²) in [5.74, 6) is 1.99. The Morgan fingerprint density at radius 2 is 1.56 bits per heavy atom. The van der Waals surface area contributed by atoms with Crippen LogP contribution in [0.5, 0.6) is 11.5 Å². The van der Waals surface area contributed by atoms with E-state index < -0.39 is 0 Å². The van der Waals surface area contributed by atoms with Gasteiger partial charge in [-0.05, 0) is 71.5 Å². The van der Waals surface area contributed by atoms with Crippen LogP contribution in [-0.4, -0.2) is 11.3 Å². The van der Waals surface area contributed by atoms with Gasteiger partial charge in [0.1, 0.15) is 11.5 Å². The van der Waals surface area contributed by atoms with Gasteiger partial charge in [-0.3, -0.25) is 0 Å². The predicted octanol–water partition coefficient (Wildman–Crippen LogP) is 5.77. The second-order valence-electron chi connectivity index (χ2n) is 11.2. The molecule has 0 fully saturated rings. The molecule has 2 nitrogen and oxygen atoms in total. The van der Waals surface area contributed by atoms with Crippen LogP contribution >= 0.6 is 0 Å². The van der Waals surface area contributed by atoms with Crippen LogP contribution in [0.15, 0.2) is 84.9 Å². The summed E-state index contributed by atoms with van der Waals surface area (Å²) in [7, 11) is 0. The highest BCUT2D eigenvalue weighted by Gasteiger charge is 2.44. The van der Waals surface area contributed by atoms with Crippen LogP contribution < -0.4 is 21.1 Å². The third kappa shape index (κ3) is 2.58. The van der Waals surface area contributed by atoms with Gasteiger partial charge >= 0.3 is 0 Å². The molecular weight excluding hydrogens is 437 g/mol. The van der Waals surface area contributed by atoms with Gasteiger partial charge < -0.3 is 9.30 Å². The smallest absolute Gasteiger partial charge is 0.251 e. The summed E-state index contributed by atoms with van der Waals surface area (Å²) in [6.07, 6.45) is 4.86. The summed E-state index contributed by atoms with van der Waals surface area (Å²) in [5, 5.41) is 1.41. The van der Waals surface area contributed by atoms with Crippen molar-refractivity contribution >= 4 is 34.0 Å². The number of rotatable bonds is 1. The van der Waals surface area contributed by atoms with E-state index in [-0.39, 0.29) is 12.1 Å². The molecule has 0 bridgehead atoms. The van der Waals surface area contributed by atoms with Crippen molar-refractivity contribution < 1.29 is 4.74 Å². The number of benzene rings is 4. The van der Waals surface area contributed by atoms with Gasteiger partial charge in [0, 0.05) is 28.2 Å². The van der Waals surface area contributed by atoms with Gasteiger partial charge in [0.05, 0.1) is 5.52 Å². The summed E-state index contributed by atoms with van der Waals surface area (Å²) in [4.78, 5) is 0. The molecule has 0 spiro atoms. The summed E-state index contributed by atoms with van der Waals surface area (Å²) in [6.45, 7) is 4.89. The van der Waals surface area contributed by atoms with Crippen LogP contribution in [-0.2, 0) is 18.3 Å². The Labute approximate surface area is 212 Å². The standard InChI is InChI=1S/C33H28BNO/c1-33(2)24-12-5-6-14-26(24)34-27-19-18-21(20-31(27)36-30-17-9-13-25(33)32(30)34)35-28-15-7-3-10-22(28)23-11-4-8-16-29(23)35/h3,5-7,9-10,12-15,17-20H,4,8,11,16H2,1-2H3. The first-order valence-electron chi connectivity index (χ1n) is 13.3. The Morgan fingerprint density at radius 3 is 2.50 bits per heavy atom. The van der Waals surface area contributed by atoms with E-state index in [2.05, 4.69) is 103 Å². The molecule has 0 amide bonds. The molecule has 4 aromatic carbocycles. The topological polar surface area (TPSA) is 14.2 Å². The maximum atomic E-state index is 6.71. The van der Waals surface area contributed by atoms with Crippen LogP contribution in [0.25, 0.3) is 16.6 Å². The largest absolute Gasteiger partial charge is 0.458 e. The second-order valence-corrected chi connectivity index (χ2v) is 11.2. The third-order valence-corrected chi connectivity index (χ3v) is 8.94. The maximum absolute atomic E-state index is 6.71. The van der Waals surface area contributed by atoms with Crippen LogP contribution in [0.2, 0.25) is 0 Å². The quantitative estimate of drug-likeness (QED) is 0.281. The molecule has 1 aromatic heterocycles. The van der Waals surface area contributed by atoms with E-state index in [4.69, 9.17) is 4.74 Å². The summed E-state index contributed by atoms with van der Waals surface area (Å²) in [5.41, 5.74) is 12.3. The van der Waals surface area contributed by atoms with Crippen LogP contribution in [0.4, 0.5) is 0 Å². The lowest BCUT2D eigenvalue weighted by Crippen LogP contribution is -2.62. The first-order valence-corrected chi connectivity index (χ1v) is 13.3. The Morgan fingerprint density at radius 1 is 0.750 bits per heavy atom. The Balaban J connectivity index is 1.36. The van der Waals surface area contributed by atoms with E-state index in [0.29, 0.717) is 0 Å². The summed E-state index contributed by atoms with van der Waals surface area (Å²) in [6, 6.07) is 31.4. The molecule has 3 heterocycles. The fourth-order valence-electron chi connectivity index (χ4n) is 7.32. The van der Waals surface area contributed by atoms with E-state index in [9.17, 15) is 0 Å². The van der Waals surface area contributed by atoms with Crippen molar-refractivity contribution in [3.05, 3.63) is 107 Å². The molecular formula is C33H28BNO. The predicted molar refractivity (Wildman–Crippen MR) is 150 cm³/mol. The fourth-order valence-corrected chi connectivity index (χ4v) is 7.32. The maximum Gasteiger partial charge on any atom is 0.251 e. The first kappa shape index (κ1) is 20.5. The number of fused-ring (bicyclic) bond motifs is 7. The molecule has 0 N–H and O–H groups in total. The Hall–Kier alpha value is -3.72. The number of ether oxygens (including phenoxy) is 1. The number of aryl methyl sites for hydroxylation is 1. The van der Waals surface area contributed by atoms with E-state index in [1.54, 1.807) is 0 Å². The molecule has 1 aliphatic carbocycles. The molecule has 3 aliphatic rings. The lowest BCUT2D eigenvalue weighted by atomic mass is 9.30. The lowest BCUT2D eigenvalue weighted by molar-refractivity contribution is 0.484. The minimum Gasteiger partial charge on any atom is -0.458 e. The van der Waals surface area contributed by atoms with Crippen molar-refractivity contribution in [1.82, 2.24) is 4.57 Å². The Kier molecular flexibility index (Phi) is 4.07. The molecule has 0 unspecified atom stereocenters. The van der Waals surface area contributed by atoms with E-state index in [1.165, 1.54) is 74.6 Å². The van der Waals surface area contributed by atoms with Crippen LogP contribution in [0, 0.1) is 0 Å². The van der Waals surface area contributed by atoms with Crippen molar-refractivity contribution in [3.8, 4) is 17.2 Å². The van der Waals surface area contributed by atoms with Gasteiger partial charge in [-0.25, -0.2) is 0 Å². The average molecular weight is 465 g/mol. The highest BCUT2D eigenvalue weighted by molar-refractivity contribution is 6.98. The summed E-state index contributed by atoms with van der Waals surface area (Å²) >= 11 is 0. The molecule has 5 aromatic rings. The molecule has 0 radical (unpaired) electrons. The number of para-hydroxylation sites is 1. The first-order chi connectivity index (χ1) is 17.6. The van der Waals surface area contributed by atoms with Crippen molar-refractivity contribution in [1.29, 1.82) is 0 Å². The van der Waals surface area contributed by atoms with Crippen molar-refractivity contribution in [2.24, 2.45) is 0 Å². The molecule has 8 rings (SSSR count). The monoisotopic (exact) mass is 465 g/mol. The number of nitrogens with zero attached hydrogens (tertiary/aromatic N) is 1. The van der Waals surface area contributed by atoms with E-state index in [1.807, 2.05) is 0 Å². The lowest BCUT2D eigenvalue weighted by Gasteiger charge is -2.41. The minimum absolute atomic E-state index is 0.0532. The van der Waals surface area contributed by atoms with Crippen molar-refractivity contribution in [2.75, 3.05) is 0 Å². The second kappa shape index (κ2) is 7.16. The molecule has 0 saturated heterocycles. The van der Waals surface area contributed by atoms with Crippen molar-refractivity contribution in [3.63, 3.8) is 0 Å². The zero-order valence-corrected chi connectivity index (χ0v) is 20.8. The van der Waals surface area contributed by atoms with Crippen LogP contribution in [0.1, 0.15) is 49.1 Å². The van der Waals surface area contributed by atoms with Crippen molar-refractivity contribution in [2.45, 2.75) is 44.9 Å². The molecule has 0 atom stereocenters. The molecule has 174 valence electrons. The van der Waals surface area contributed by atoms with Gasteiger partial charge in [0.15, 0.2) is 0 Å². The molecule has 36 heavy (non-hydrogen) atoms. The van der Waals surface area contributed by atoms with Crippen LogP contribution in [0.3, 0.4) is 0 Å². The highest BCUT2D eigenvalue weighted by atomic mass is 16.5. The number of hydrogen-bond donors (Lipinski definition) is 0. The van der Waals surface area contributed by atoms with Gasteiger partial charge in [-0.15, -0.1) is 0 Å². The third-order valence-electron chi connectivity index (χ3n) is 8.94. The molecule has 3 heteroatoms. The van der Waals surface area contributed by atoms with Gasteiger partial charge in [-0.2, -0.15) is 0 Å². The van der Waals surface area contributed by atoms with Gasteiger partial charge in [0.2, 0.25) is 0 Å². The molecule has 2 aliphatic heterocycles. The zero-order chi connectivity index (χ0) is 24.0. The van der Waals surface area contributed by atoms with Gasteiger partial charge in [0.25, 0.3) is 6.71 Å². The average Bonchev–Trinajstić information content (AvgIpc) is 3.25. The fraction of sp³-hybridized carbons (Fsp3) is 0.212. The normalized spacial score (nSPS) is 16.6. The summed E-state index contributed by atoms with van der Waals surface area (Å²) < 4.78 is 9.21. The van der Waals surface area contributed by atoms with Gasteiger partial charge in [-0.1, -0.05) is 80.0 Å². The number of aromatic nitrogens is 1. The number of hydrogen-bond acceptors (Lipinski definition) is 1. The zero-order valence-electron chi connectivity index (χ0n) is 20.8. The van der Waals surface area contributed by atoms with E-state index in [0.717, 1.165) is 17.9 Å². The van der Waals surface area contributed by atoms with E-state index >= 15 is 0 Å².